The molecule has 0 aliphatic heterocycles. The smallest absolute Gasteiger partial charge is 0.0655 e. The number of nitrogens with two attached hydrogens (primary N) is 2. The van der Waals surface area contributed by atoms with E-state index in [-0.39, 0.29) is 6.04 Å². The molecule has 2 rings (SSSR count). The van der Waals surface area contributed by atoms with Crippen LogP contribution in [-0.4, -0.2) is 39.9 Å². The van der Waals surface area contributed by atoms with Crippen molar-refractivity contribution in [2.45, 2.75) is 6.04 Å². The van der Waals surface area contributed by atoms with E-state index < -0.39 is 0 Å². The van der Waals surface area contributed by atoms with Gasteiger partial charge < -0.3 is 21.7 Å². The van der Waals surface area contributed by atoms with Crippen LogP contribution in [-0.2, 0) is 0 Å². The van der Waals surface area contributed by atoms with Gasteiger partial charge in [-0.25, -0.2) is 0 Å². The quantitative estimate of drug-likeness (QED) is 0.718. The molecule has 5 N–H and O–H groups in total. The van der Waals surface area contributed by atoms with Gasteiger partial charge in [0, 0.05) is 38.2 Å². The van der Waals surface area contributed by atoms with E-state index in [1.165, 1.54) is 5.69 Å². The highest BCUT2D eigenvalue weighted by Gasteiger charge is 2.09. The van der Waals surface area contributed by atoms with Crippen LogP contribution in [0.5, 0.6) is 0 Å². The van der Waals surface area contributed by atoms with Crippen LogP contribution < -0.4 is 21.7 Å². The molecule has 0 radical (unpaired) electrons. The minimum absolute atomic E-state index is 0.167. The molecule has 1 atom stereocenters. The van der Waals surface area contributed by atoms with Crippen LogP contribution in [0.25, 0.3) is 0 Å². The Labute approximate surface area is 127 Å². The van der Waals surface area contributed by atoms with Crippen molar-refractivity contribution in [1.82, 2.24) is 5.32 Å². The molecule has 1 unspecified atom stereocenters. The molecule has 0 heterocycles. The molecule has 0 saturated carbocycles. The molecular formula is C16H25N5. The van der Waals surface area contributed by atoms with Crippen LogP contribution >= 0.6 is 0 Å². The van der Waals surface area contributed by atoms with Crippen molar-refractivity contribution >= 4 is 17.1 Å². The van der Waals surface area contributed by atoms with Crippen LogP contribution in [0.1, 0.15) is 0 Å². The molecule has 0 aromatic heterocycles. The molecule has 5 nitrogen and oxygen atoms in total. The molecule has 0 amide bonds. The van der Waals surface area contributed by atoms with Crippen molar-refractivity contribution in [2.24, 2.45) is 10.7 Å². The zero-order valence-electron chi connectivity index (χ0n) is 13.2. The summed E-state index contributed by atoms with van der Waals surface area (Å²) < 4.78 is 0. The summed E-state index contributed by atoms with van der Waals surface area (Å²) in [6.45, 7) is 0. The van der Waals surface area contributed by atoms with E-state index in [1.807, 2.05) is 68.5 Å². The number of aliphatic imine (C=N–C) groups is 1. The number of rotatable bonds is 2. The number of nitrogens with one attached hydrogen (secondary N) is 1. The summed E-state index contributed by atoms with van der Waals surface area (Å²) in [5.74, 6) is 0. The predicted molar refractivity (Wildman–Crippen MR) is 92.8 cm³/mol. The number of hydrogen-bond acceptors (Lipinski definition) is 5. The van der Waals surface area contributed by atoms with Gasteiger partial charge in [-0.05, 0) is 43.5 Å². The number of nitrogens with zero attached hydrogens (tertiary/aromatic N) is 2. The molecule has 5 heteroatoms. The summed E-state index contributed by atoms with van der Waals surface area (Å²) in [5, 5.41) is 3.06. The van der Waals surface area contributed by atoms with Gasteiger partial charge in [0.1, 0.15) is 0 Å². The summed E-state index contributed by atoms with van der Waals surface area (Å²) in [5.41, 5.74) is 15.0. The standard InChI is InChI=1S/C8H13N3.C8H12N2/c1-10-6-3-4-8(11-2)7(9)5-6;1-10(2)8-5-3-7(9)4-6-8/h3-5,8,11H,9H2,1-2H3;3-6H,9H2,1-2H3. The van der Waals surface area contributed by atoms with Crippen molar-refractivity contribution in [3.8, 4) is 0 Å². The second-order valence-corrected chi connectivity index (χ2v) is 4.90. The lowest BCUT2D eigenvalue weighted by Crippen LogP contribution is -2.31. The molecule has 0 saturated heterocycles. The highest BCUT2D eigenvalue weighted by atomic mass is 15.1. The lowest BCUT2D eigenvalue weighted by atomic mass is 10.1. The van der Waals surface area contributed by atoms with E-state index in [4.69, 9.17) is 11.5 Å². The van der Waals surface area contributed by atoms with Crippen molar-refractivity contribution in [2.75, 3.05) is 38.8 Å². The first-order valence-electron chi connectivity index (χ1n) is 6.80. The summed E-state index contributed by atoms with van der Waals surface area (Å²) in [6, 6.07) is 7.95. The van der Waals surface area contributed by atoms with Crippen LogP contribution in [0, 0.1) is 0 Å². The Morgan fingerprint density at radius 2 is 1.76 bits per heavy atom. The fraction of sp³-hybridized carbons (Fsp3) is 0.312. The Balaban J connectivity index is 0.000000211. The summed E-state index contributed by atoms with van der Waals surface area (Å²) in [6.07, 6.45) is 5.83. The number of allylic oxidation sites excluding steroid dienone is 2. The Morgan fingerprint density at radius 1 is 1.14 bits per heavy atom. The van der Waals surface area contributed by atoms with Gasteiger partial charge >= 0.3 is 0 Å². The third kappa shape index (κ3) is 5.31. The van der Waals surface area contributed by atoms with E-state index in [1.54, 1.807) is 7.05 Å². The second-order valence-electron chi connectivity index (χ2n) is 4.90. The number of hydrogen-bond donors (Lipinski definition) is 3. The Morgan fingerprint density at radius 3 is 2.19 bits per heavy atom. The number of benzene rings is 1. The van der Waals surface area contributed by atoms with Gasteiger partial charge in [0.05, 0.1) is 11.8 Å². The van der Waals surface area contributed by atoms with Gasteiger partial charge in [0.15, 0.2) is 0 Å². The maximum Gasteiger partial charge on any atom is 0.0655 e. The summed E-state index contributed by atoms with van der Waals surface area (Å²) >= 11 is 0. The predicted octanol–water partition coefficient (Wildman–Crippen LogP) is 1.39. The highest BCUT2D eigenvalue weighted by molar-refractivity contribution is 6.05. The maximum absolute atomic E-state index is 5.72. The Bertz CT molecular complexity index is 526. The molecule has 114 valence electrons. The molecular weight excluding hydrogens is 262 g/mol. The van der Waals surface area contributed by atoms with E-state index in [9.17, 15) is 0 Å². The van der Waals surface area contributed by atoms with Gasteiger partial charge in [-0.15, -0.1) is 0 Å². The average molecular weight is 287 g/mol. The van der Waals surface area contributed by atoms with Crippen LogP contribution in [0.4, 0.5) is 11.4 Å². The van der Waals surface area contributed by atoms with Crippen LogP contribution in [0.2, 0.25) is 0 Å². The Hall–Kier alpha value is -2.27. The van der Waals surface area contributed by atoms with Crippen LogP contribution in [0.15, 0.2) is 53.2 Å². The fourth-order valence-corrected chi connectivity index (χ4v) is 1.79. The van der Waals surface area contributed by atoms with Gasteiger partial charge in [-0.1, -0.05) is 6.08 Å². The third-order valence-corrected chi connectivity index (χ3v) is 3.11. The van der Waals surface area contributed by atoms with Crippen molar-refractivity contribution in [3.63, 3.8) is 0 Å². The van der Waals surface area contributed by atoms with E-state index >= 15 is 0 Å². The average Bonchev–Trinajstić information content (AvgIpc) is 2.48. The second kappa shape index (κ2) is 8.11. The number of likely N-dealkylation sites (N-methyl/N-ethyl adjacent to an activating group) is 1. The first-order chi connectivity index (χ1) is 9.97. The normalized spacial score (nSPS) is 18.8. The molecule has 1 aliphatic rings. The zero-order chi connectivity index (χ0) is 15.8. The highest BCUT2D eigenvalue weighted by Crippen LogP contribution is 2.12. The first kappa shape index (κ1) is 16.8. The number of anilines is 2. The topological polar surface area (TPSA) is 79.7 Å². The largest absolute Gasteiger partial charge is 0.400 e. The lowest BCUT2D eigenvalue weighted by molar-refractivity contribution is 0.742. The molecule has 21 heavy (non-hydrogen) atoms. The van der Waals surface area contributed by atoms with Crippen LogP contribution in [0.3, 0.4) is 0 Å². The molecule has 1 aromatic rings. The molecule has 0 fully saturated rings. The summed E-state index contributed by atoms with van der Waals surface area (Å²) in [7, 11) is 7.64. The minimum atomic E-state index is 0.167. The van der Waals surface area contributed by atoms with E-state index in [0.717, 1.165) is 17.1 Å². The first-order valence-corrected chi connectivity index (χ1v) is 6.80. The Kier molecular flexibility index (Phi) is 6.49. The van der Waals surface area contributed by atoms with Gasteiger partial charge in [-0.3, -0.25) is 4.99 Å². The zero-order valence-corrected chi connectivity index (χ0v) is 13.2. The molecule has 0 bridgehead atoms. The molecule has 1 aromatic carbocycles. The van der Waals surface area contributed by atoms with Crippen molar-refractivity contribution in [3.05, 3.63) is 48.2 Å². The third-order valence-electron chi connectivity index (χ3n) is 3.11. The monoisotopic (exact) mass is 287 g/mol. The van der Waals surface area contributed by atoms with Gasteiger partial charge in [-0.2, -0.15) is 0 Å². The lowest BCUT2D eigenvalue weighted by Gasteiger charge is -2.15. The minimum Gasteiger partial charge on any atom is -0.400 e. The fourth-order valence-electron chi connectivity index (χ4n) is 1.79. The van der Waals surface area contributed by atoms with Crippen molar-refractivity contribution in [1.29, 1.82) is 0 Å². The molecule has 0 spiro atoms. The summed E-state index contributed by atoms with van der Waals surface area (Å²) in [4.78, 5) is 6.05. The van der Waals surface area contributed by atoms with Crippen molar-refractivity contribution < 1.29 is 0 Å². The molecule has 1 aliphatic carbocycles. The van der Waals surface area contributed by atoms with E-state index in [0.29, 0.717) is 0 Å². The number of nitrogen functional groups attached to an aromatic ring is 1. The van der Waals surface area contributed by atoms with Gasteiger partial charge in [0.2, 0.25) is 0 Å². The van der Waals surface area contributed by atoms with Gasteiger partial charge in [0.25, 0.3) is 0 Å². The SMILES string of the molecule is CN(C)c1ccc(N)cc1.CN=C1C=CC(NC)C(N)=C1. The maximum atomic E-state index is 5.72. The van der Waals surface area contributed by atoms with E-state index in [2.05, 4.69) is 10.3 Å².